The number of hydrogen-bond acceptors (Lipinski definition) is 5. The molecule has 2 heterocycles. The predicted octanol–water partition coefficient (Wildman–Crippen LogP) is 4.38. The lowest BCUT2D eigenvalue weighted by Crippen LogP contribution is -2.16. The molecule has 0 radical (unpaired) electrons. The van der Waals surface area contributed by atoms with Crippen molar-refractivity contribution in [3.05, 3.63) is 58.1 Å². The molecule has 0 spiro atoms. The number of aromatic nitrogens is 2. The summed E-state index contributed by atoms with van der Waals surface area (Å²) in [6.45, 7) is 3.77. The second-order valence-corrected chi connectivity index (χ2v) is 6.91. The largest absolute Gasteiger partial charge is 0.419 e. The molecule has 0 N–H and O–H groups in total. The number of thiophene rings is 1. The fourth-order valence-corrected chi connectivity index (χ4v) is 3.66. The van der Waals surface area contributed by atoms with Gasteiger partial charge in [-0.05, 0) is 37.7 Å². The van der Waals surface area contributed by atoms with Gasteiger partial charge in [-0.15, -0.1) is 21.5 Å². The van der Waals surface area contributed by atoms with E-state index in [0.29, 0.717) is 18.3 Å². The third-order valence-corrected chi connectivity index (χ3v) is 4.66. The van der Waals surface area contributed by atoms with Crippen LogP contribution in [0.4, 0.5) is 0 Å². The summed E-state index contributed by atoms with van der Waals surface area (Å²) in [5.74, 6) is 1.23. The van der Waals surface area contributed by atoms with Gasteiger partial charge in [0.25, 0.3) is 0 Å². The zero-order valence-electron chi connectivity index (χ0n) is 13.5. The van der Waals surface area contributed by atoms with Gasteiger partial charge in [-0.2, -0.15) is 0 Å². The van der Waals surface area contributed by atoms with Crippen LogP contribution in [0.5, 0.6) is 0 Å². The molecular weight excluding hydrogens is 306 g/mol. The summed E-state index contributed by atoms with van der Waals surface area (Å²) < 4.78 is 5.76. The fraction of sp³-hybridized carbons (Fsp3) is 0.333. The van der Waals surface area contributed by atoms with Crippen molar-refractivity contribution in [2.45, 2.75) is 32.9 Å². The van der Waals surface area contributed by atoms with Crippen LogP contribution in [0.25, 0.3) is 11.5 Å². The molecule has 0 aliphatic rings. The third kappa shape index (κ3) is 4.27. The average Bonchev–Trinajstić information content (AvgIpc) is 3.18. The summed E-state index contributed by atoms with van der Waals surface area (Å²) in [6, 6.07) is 14.3. The highest BCUT2D eigenvalue weighted by molar-refractivity contribution is 7.11. The lowest BCUT2D eigenvalue weighted by atomic mass is 10.2. The Bertz CT molecular complexity index is 736. The number of benzene rings is 1. The van der Waals surface area contributed by atoms with Gasteiger partial charge in [-0.3, -0.25) is 4.90 Å². The van der Waals surface area contributed by atoms with Crippen LogP contribution in [-0.2, 0) is 19.5 Å². The maximum absolute atomic E-state index is 5.76. The minimum atomic E-state index is 0.579. The van der Waals surface area contributed by atoms with Gasteiger partial charge in [0, 0.05) is 21.9 Å². The van der Waals surface area contributed by atoms with Crippen molar-refractivity contribution in [1.82, 2.24) is 15.1 Å². The molecule has 0 atom stereocenters. The standard InChI is InChI=1S/C18H21N3OS/c1-3-7-15-10-11-16(23-15)12-21(2)13-17-19-20-18(22-17)14-8-5-4-6-9-14/h4-6,8-11H,3,7,12-13H2,1-2H3. The van der Waals surface area contributed by atoms with E-state index in [0.717, 1.165) is 12.1 Å². The summed E-state index contributed by atoms with van der Waals surface area (Å²) in [6.07, 6.45) is 2.36. The van der Waals surface area contributed by atoms with E-state index in [1.165, 1.54) is 22.6 Å². The molecule has 0 bridgehead atoms. The van der Waals surface area contributed by atoms with E-state index in [9.17, 15) is 0 Å². The van der Waals surface area contributed by atoms with Crippen molar-refractivity contribution in [2.75, 3.05) is 7.05 Å². The minimum Gasteiger partial charge on any atom is -0.419 e. The van der Waals surface area contributed by atoms with E-state index in [1.807, 2.05) is 41.7 Å². The molecular formula is C18H21N3OS. The Morgan fingerprint density at radius 1 is 1.00 bits per heavy atom. The Morgan fingerprint density at radius 3 is 2.57 bits per heavy atom. The summed E-state index contributed by atoms with van der Waals surface area (Å²) in [5, 5.41) is 8.29. The third-order valence-electron chi connectivity index (χ3n) is 3.53. The van der Waals surface area contributed by atoms with E-state index in [2.05, 4.69) is 41.2 Å². The molecule has 3 rings (SSSR count). The highest BCUT2D eigenvalue weighted by atomic mass is 32.1. The quantitative estimate of drug-likeness (QED) is 0.646. The number of nitrogens with zero attached hydrogens (tertiary/aromatic N) is 3. The maximum Gasteiger partial charge on any atom is 0.247 e. The number of rotatable bonds is 7. The molecule has 2 aromatic heterocycles. The average molecular weight is 327 g/mol. The Balaban J connectivity index is 1.59. The molecule has 3 aromatic rings. The smallest absolute Gasteiger partial charge is 0.247 e. The van der Waals surface area contributed by atoms with Crippen LogP contribution < -0.4 is 0 Å². The molecule has 0 saturated carbocycles. The second-order valence-electron chi connectivity index (χ2n) is 5.66. The van der Waals surface area contributed by atoms with E-state index in [-0.39, 0.29) is 0 Å². The summed E-state index contributed by atoms with van der Waals surface area (Å²) in [7, 11) is 2.08. The molecule has 0 amide bonds. The van der Waals surface area contributed by atoms with E-state index < -0.39 is 0 Å². The van der Waals surface area contributed by atoms with Crippen molar-refractivity contribution in [3.8, 4) is 11.5 Å². The highest BCUT2D eigenvalue weighted by Crippen LogP contribution is 2.21. The first-order chi connectivity index (χ1) is 11.2. The van der Waals surface area contributed by atoms with Gasteiger partial charge in [0.05, 0.1) is 6.54 Å². The number of aryl methyl sites for hydroxylation is 1. The summed E-state index contributed by atoms with van der Waals surface area (Å²) in [5.41, 5.74) is 0.955. The maximum atomic E-state index is 5.76. The Labute approximate surface area is 140 Å². The second kappa shape index (κ2) is 7.53. The first-order valence-electron chi connectivity index (χ1n) is 7.88. The lowest BCUT2D eigenvalue weighted by Gasteiger charge is -2.12. The summed E-state index contributed by atoms with van der Waals surface area (Å²) in [4.78, 5) is 5.03. The molecule has 0 aliphatic carbocycles. The normalized spacial score (nSPS) is 11.3. The van der Waals surface area contributed by atoms with Crippen LogP contribution in [0.2, 0.25) is 0 Å². The molecule has 0 saturated heterocycles. The number of hydrogen-bond donors (Lipinski definition) is 0. The predicted molar refractivity (Wildman–Crippen MR) is 93.2 cm³/mol. The van der Waals surface area contributed by atoms with Crippen LogP contribution in [-0.4, -0.2) is 22.1 Å². The van der Waals surface area contributed by atoms with Crippen LogP contribution in [0, 0.1) is 0 Å². The van der Waals surface area contributed by atoms with Crippen molar-refractivity contribution in [1.29, 1.82) is 0 Å². The van der Waals surface area contributed by atoms with E-state index in [4.69, 9.17) is 4.42 Å². The van der Waals surface area contributed by atoms with Gasteiger partial charge in [0.1, 0.15) is 0 Å². The first-order valence-corrected chi connectivity index (χ1v) is 8.70. The van der Waals surface area contributed by atoms with Crippen LogP contribution in [0.1, 0.15) is 29.0 Å². The zero-order valence-corrected chi connectivity index (χ0v) is 14.3. The van der Waals surface area contributed by atoms with Crippen molar-refractivity contribution in [3.63, 3.8) is 0 Å². The topological polar surface area (TPSA) is 42.2 Å². The minimum absolute atomic E-state index is 0.579. The van der Waals surface area contributed by atoms with Crippen LogP contribution in [0.3, 0.4) is 0 Å². The Hall–Kier alpha value is -1.98. The van der Waals surface area contributed by atoms with Crippen molar-refractivity contribution < 1.29 is 4.42 Å². The van der Waals surface area contributed by atoms with Gasteiger partial charge < -0.3 is 4.42 Å². The Morgan fingerprint density at radius 2 is 1.78 bits per heavy atom. The molecule has 23 heavy (non-hydrogen) atoms. The molecule has 1 aromatic carbocycles. The zero-order chi connectivity index (χ0) is 16.1. The van der Waals surface area contributed by atoms with Crippen LogP contribution >= 0.6 is 11.3 Å². The fourth-order valence-electron chi connectivity index (χ4n) is 2.46. The molecule has 0 fully saturated rings. The SMILES string of the molecule is CCCc1ccc(CN(C)Cc2nnc(-c3ccccc3)o2)s1. The van der Waals surface area contributed by atoms with Gasteiger partial charge >= 0.3 is 0 Å². The molecule has 0 unspecified atom stereocenters. The van der Waals surface area contributed by atoms with Gasteiger partial charge in [-0.1, -0.05) is 31.5 Å². The van der Waals surface area contributed by atoms with Crippen LogP contribution in [0.15, 0.2) is 46.9 Å². The molecule has 4 nitrogen and oxygen atoms in total. The van der Waals surface area contributed by atoms with E-state index in [1.54, 1.807) is 0 Å². The lowest BCUT2D eigenvalue weighted by molar-refractivity contribution is 0.285. The van der Waals surface area contributed by atoms with Gasteiger partial charge in [0.15, 0.2) is 0 Å². The molecule has 5 heteroatoms. The van der Waals surface area contributed by atoms with E-state index >= 15 is 0 Å². The Kier molecular flexibility index (Phi) is 5.20. The molecule has 0 aliphatic heterocycles. The first kappa shape index (κ1) is 15.9. The van der Waals surface area contributed by atoms with Crippen molar-refractivity contribution >= 4 is 11.3 Å². The highest BCUT2D eigenvalue weighted by Gasteiger charge is 2.11. The summed E-state index contributed by atoms with van der Waals surface area (Å²) >= 11 is 1.89. The monoisotopic (exact) mass is 327 g/mol. The van der Waals surface area contributed by atoms with Crippen molar-refractivity contribution in [2.24, 2.45) is 0 Å². The molecule has 120 valence electrons. The van der Waals surface area contributed by atoms with Gasteiger partial charge in [0.2, 0.25) is 11.8 Å². The van der Waals surface area contributed by atoms with Gasteiger partial charge in [-0.25, -0.2) is 0 Å².